The molecule has 2 heteroatoms. The normalized spacial score (nSPS) is 40.9. The Balaban J connectivity index is 1.71. The first kappa shape index (κ1) is 12.4. The smallest absolute Gasteiger partial charge is 0.0699 e. The molecule has 1 saturated carbocycles. The van der Waals surface area contributed by atoms with Gasteiger partial charge in [0.1, 0.15) is 0 Å². The fourth-order valence-corrected chi connectivity index (χ4v) is 3.07. The zero-order valence-corrected chi connectivity index (χ0v) is 10.9. The number of nitrogens with one attached hydrogen (secondary N) is 1. The molecule has 2 fully saturated rings. The molecule has 0 aromatic rings. The summed E-state index contributed by atoms with van der Waals surface area (Å²) in [7, 11) is 0. The largest absolute Gasteiger partial charge is 0.377 e. The highest BCUT2D eigenvalue weighted by molar-refractivity contribution is 4.82. The van der Waals surface area contributed by atoms with Crippen LogP contribution in [0.3, 0.4) is 0 Å². The fraction of sp³-hybridized carbons (Fsp3) is 1.00. The van der Waals surface area contributed by atoms with E-state index in [1.54, 1.807) is 0 Å². The molecule has 1 heterocycles. The highest BCUT2D eigenvalue weighted by Crippen LogP contribution is 2.28. The van der Waals surface area contributed by atoms with Gasteiger partial charge in [0, 0.05) is 19.2 Å². The first-order valence-corrected chi connectivity index (χ1v) is 7.10. The molecule has 1 N–H and O–H groups in total. The summed E-state index contributed by atoms with van der Waals surface area (Å²) in [6, 6.07) is 0.731. The predicted octanol–water partition coefficient (Wildman–Crippen LogP) is 2.97. The van der Waals surface area contributed by atoms with E-state index in [1.807, 2.05) is 0 Å². The van der Waals surface area contributed by atoms with Gasteiger partial charge in [0.2, 0.25) is 0 Å². The minimum absolute atomic E-state index is 0.484. The molecule has 0 spiro atoms. The Kier molecular flexibility index (Phi) is 4.66. The maximum Gasteiger partial charge on any atom is 0.0699 e. The third-order valence-electron chi connectivity index (χ3n) is 4.34. The molecule has 94 valence electrons. The zero-order valence-electron chi connectivity index (χ0n) is 10.9. The monoisotopic (exact) mass is 225 g/mol. The van der Waals surface area contributed by atoms with E-state index >= 15 is 0 Å². The molecule has 1 aliphatic carbocycles. The van der Waals surface area contributed by atoms with Gasteiger partial charge >= 0.3 is 0 Å². The number of hydrogen-bond donors (Lipinski definition) is 1. The lowest BCUT2D eigenvalue weighted by Gasteiger charge is -2.35. The fourth-order valence-electron chi connectivity index (χ4n) is 3.07. The predicted molar refractivity (Wildman–Crippen MR) is 67.6 cm³/mol. The molecule has 2 rings (SSSR count). The van der Waals surface area contributed by atoms with Crippen LogP contribution in [-0.4, -0.2) is 25.3 Å². The Labute approximate surface area is 100 Å². The minimum atomic E-state index is 0.484. The van der Waals surface area contributed by atoms with E-state index in [4.69, 9.17) is 4.74 Å². The first-order chi connectivity index (χ1) is 7.75. The summed E-state index contributed by atoms with van der Waals surface area (Å²) < 4.78 is 5.77. The molecule has 1 saturated heterocycles. The van der Waals surface area contributed by atoms with Crippen LogP contribution in [0.1, 0.15) is 52.4 Å². The molecule has 0 amide bonds. The molecule has 0 aromatic carbocycles. The van der Waals surface area contributed by atoms with Crippen molar-refractivity contribution in [2.45, 2.75) is 64.5 Å². The lowest BCUT2D eigenvalue weighted by Crippen LogP contribution is -2.44. The molecule has 4 unspecified atom stereocenters. The van der Waals surface area contributed by atoms with Gasteiger partial charge in [0.05, 0.1) is 6.10 Å². The van der Waals surface area contributed by atoms with Gasteiger partial charge in [0.15, 0.2) is 0 Å². The van der Waals surface area contributed by atoms with Crippen molar-refractivity contribution in [1.29, 1.82) is 0 Å². The van der Waals surface area contributed by atoms with Crippen LogP contribution in [0.5, 0.6) is 0 Å². The van der Waals surface area contributed by atoms with Crippen molar-refractivity contribution in [3.05, 3.63) is 0 Å². The van der Waals surface area contributed by atoms with E-state index < -0.39 is 0 Å². The molecule has 16 heavy (non-hydrogen) atoms. The Bertz CT molecular complexity index is 201. The molecule has 0 radical (unpaired) electrons. The van der Waals surface area contributed by atoms with Crippen LogP contribution in [0.2, 0.25) is 0 Å². The molecule has 0 aromatic heterocycles. The van der Waals surface area contributed by atoms with Gasteiger partial charge < -0.3 is 10.1 Å². The molecule has 2 nitrogen and oxygen atoms in total. The van der Waals surface area contributed by atoms with Crippen molar-refractivity contribution in [1.82, 2.24) is 5.32 Å². The zero-order chi connectivity index (χ0) is 11.4. The van der Waals surface area contributed by atoms with E-state index in [0.29, 0.717) is 6.10 Å². The van der Waals surface area contributed by atoms with Crippen molar-refractivity contribution < 1.29 is 4.74 Å². The van der Waals surface area contributed by atoms with Gasteiger partial charge in [-0.05, 0) is 43.9 Å². The lowest BCUT2D eigenvalue weighted by molar-refractivity contribution is 0.0128. The van der Waals surface area contributed by atoms with Crippen molar-refractivity contribution in [2.24, 2.45) is 11.8 Å². The Hall–Kier alpha value is -0.0800. The molecular weight excluding hydrogens is 198 g/mol. The maximum absolute atomic E-state index is 5.77. The quantitative estimate of drug-likeness (QED) is 0.797. The standard InChI is InChI=1S/C14H27NO/c1-11-6-7-12(2)14(9-11)15-10-13-5-3-4-8-16-13/h11-15H,3-10H2,1-2H3. The van der Waals surface area contributed by atoms with E-state index in [2.05, 4.69) is 19.2 Å². The van der Waals surface area contributed by atoms with E-state index in [0.717, 1.165) is 31.0 Å². The van der Waals surface area contributed by atoms with Crippen LogP contribution >= 0.6 is 0 Å². The minimum Gasteiger partial charge on any atom is -0.377 e. The highest BCUT2D eigenvalue weighted by atomic mass is 16.5. The van der Waals surface area contributed by atoms with Crippen LogP contribution in [0, 0.1) is 11.8 Å². The maximum atomic E-state index is 5.77. The number of rotatable bonds is 3. The van der Waals surface area contributed by atoms with Gasteiger partial charge in [-0.25, -0.2) is 0 Å². The van der Waals surface area contributed by atoms with Gasteiger partial charge in [-0.1, -0.05) is 20.3 Å². The summed E-state index contributed by atoms with van der Waals surface area (Å²) >= 11 is 0. The Morgan fingerprint density at radius 2 is 2.00 bits per heavy atom. The molecule has 2 aliphatic rings. The Morgan fingerprint density at radius 3 is 2.75 bits per heavy atom. The van der Waals surface area contributed by atoms with Crippen molar-refractivity contribution in [3.63, 3.8) is 0 Å². The number of hydrogen-bond acceptors (Lipinski definition) is 2. The summed E-state index contributed by atoms with van der Waals surface area (Å²) in [6.07, 6.45) is 8.51. The summed E-state index contributed by atoms with van der Waals surface area (Å²) in [5.74, 6) is 1.75. The SMILES string of the molecule is CC1CCC(C)C(NCC2CCCCO2)C1. The molecule has 0 bridgehead atoms. The average molecular weight is 225 g/mol. The third-order valence-corrected chi connectivity index (χ3v) is 4.34. The van der Waals surface area contributed by atoms with Crippen LogP contribution in [0.15, 0.2) is 0 Å². The molecule has 4 atom stereocenters. The van der Waals surface area contributed by atoms with Gasteiger partial charge in [-0.2, -0.15) is 0 Å². The van der Waals surface area contributed by atoms with Crippen molar-refractivity contribution in [3.8, 4) is 0 Å². The van der Waals surface area contributed by atoms with Gasteiger partial charge in [0.25, 0.3) is 0 Å². The number of ether oxygens (including phenoxy) is 1. The molecular formula is C14H27NO. The van der Waals surface area contributed by atoms with E-state index in [9.17, 15) is 0 Å². The van der Waals surface area contributed by atoms with Crippen molar-refractivity contribution >= 4 is 0 Å². The average Bonchev–Trinajstić information content (AvgIpc) is 2.32. The Morgan fingerprint density at radius 1 is 1.12 bits per heavy atom. The summed E-state index contributed by atoms with van der Waals surface area (Å²) in [4.78, 5) is 0. The van der Waals surface area contributed by atoms with Crippen LogP contribution in [0.25, 0.3) is 0 Å². The second kappa shape index (κ2) is 6.02. The van der Waals surface area contributed by atoms with Crippen LogP contribution < -0.4 is 5.32 Å². The summed E-state index contributed by atoms with van der Waals surface area (Å²) in [6.45, 7) is 6.83. The summed E-state index contributed by atoms with van der Waals surface area (Å²) in [5.41, 5.74) is 0. The third kappa shape index (κ3) is 3.46. The van der Waals surface area contributed by atoms with Crippen molar-refractivity contribution in [2.75, 3.05) is 13.2 Å². The lowest BCUT2D eigenvalue weighted by atomic mass is 9.80. The first-order valence-electron chi connectivity index (χ1n) is 7.10. The second-order valence-corrected chi connectivity index (χ2v) is 5.90. The van der Waals surface area contributed by atoms with E-state index in [-0.39, 0.29) is 0 Å². The van der Waals surface area contributed by atoms with Crippen LogP contribution in [0.4, 0.5) is 0 Å². The van der Waals surface area contributed by atoms with E-state index in [1.165, 1.54) is 38.5 Å². The van der Waals surface area contributed by atoms with Gasteiger partial charge in [-0.15, -0.1) is 0 Å². The molecule has 1 aliphatic heterocycles. The summed E-state index contributed by atoms with van der Waals surface area (Å²) in [5, 5.41) is 3.75. The van der Waals surface area contributed by atoms with Crippen LogP contribution in [-0.2, 0) is 4.74 Å². The van der Waals surface area contributed by atoms with Gasteiger partial charge in [-0.3, -0.25) is 0 Å². The second-order valence-electron chi connectivity index (χ2n) is 5.90. The topological polar surface area (TPSA) is 21.3 Å². The highest BCUT2D eigenvalue weighted by Gasteiger charge is 2.26.